The van der Waals surface area contributed by atoms with Crippen molar-refractivity contribution in [3.63, 3.8) is 0 Å². The molecule has 0 aromatic carbocycles. The van der Waals surface area contributed by atoms with E-state index in [0.717, 1.165) is 6.42 Å². The van der Waals surface area contributed by atoms with Crippen LogP contribution in [0.4, 0.5) is 4.79 Å². The number of carbonyl (C=O) groups excluding carboxylic acids is 1. The standard InChI is InChI=1S/C15H26N2O4/c1-13(2)9-16(10-14(3,4)21-13)12(20)17-8-6-7-15(17,5)11(18)19/h6-10H2,1-5H3,(H,18,19). The zero-order valence-corrected chi connectivity index (χ0v) is 13.6. The molecule has 0 spiro atoms. The van der Waals surface area contributed by atoms with Crippen LogP contribution in [-0.2, 0) is 9.53 Å². The van der Waals surface area contributed by atoms with Gasteiger partial charge in [0.15, 0.2) is 0 Å². The van der Waals surface area contributed by atoms with Crippen LogP contribution in [-0.4, -0.2) is 63.3 Å². The highest BCUT2D eigenvalue weighted by molar-refractivity contribution is 5.86. The molecule has 6 nitrogen and oxygen atoms in total. The fraction of sp³-hybridized carbons (Fsp3) is 0.867. The Morgan fingerprint density at radius 2 is 1.57 bits per heavy atom. The fourth-order valence-electron chi connectivity index (χ4n) is 3.59. The van der Waals surface area contributed by atoms with Crippen LogP contribution < -0.4 is 0 Å². The first-order chi connectivity index (χ1) is 9.47. The van der Waals surface area contributed by atoms with E-state index < -0.39 is 22.7 Å². The van der Waals surface area contributed by atoms with Crippen molar-refractivity contribution in [2.24, 2.45) is 0 Å². The second-order valence-electron chi connectivity index (χ2n) is 7.59. The predicted octanol–water partition coefficient (Wildman–Crippen LogP) is 1.93. The number of hydrogen-bond donors (Lipinski definition) is 1. The van der Waals surface area contributed by atoms with Gasteiger partial charge in [-0.25, -0.2) is 9.59 Å². The van der Waals surface area contributed by atoms with Gasteiger partial charge in [-0.3, -0.25) is 0 Å². The van der Waals surface area contributed by atoms with Gasteiger partial charge >= 0.3 is 12.0 Å². The van der Waals surface area contributed by atoms with Gasteiger partial charge in [0.25, 0.3) is 0 Å². The van der Waals surface area contributed by atoms with E-state index in [1.807, 2.05) is 27.7 Å². The molecule has 1 unspecified atom stereocenters. The number of rotatable bonds is 1. The second-order valence-corrected chi connectivity index (χ2v) is 7.59. The van der Waals surface area contributed by atoms with Gasteiger partial charge in [0.2, 0.25) is 0 Å². The minimum atomic E-state index is -1.09. The lowest BCUT2D eigenvalue weighted by atomic mass is 9.98. The maximum Gasteiger partial charge on any atom is 0.329 e. The van der Waals surface area contributed by atoms with E-state index in [0.29, 0.717) is 26.1 Å². The molecule has 2 heterocycles. The molecule has 0 bridgehead atoms. The molecule has 2 saturated heterocycles. The number of hydrogen-bond acceptors (Lipinski definition) is 3. The van der Waals surface area contributed by atoms with Gasteiger partial charge in [-0.15, -0.1) is 0 Å². The van der Waals surface area contributed by atoms with Crippen LogP contribution in [0.5, 0.6) is 0 Å². The number of likely N-dealkylation sites (tertiary alicyclic amines) is 1. The summed E-state index contributed by atoms with van der Waals surface area (Å²) in [6.45, 7) is 10.9. The van der Waals surface area contributed by atoms with E-state index in [1.54, 1.807) is 11.8 Å². The highest BCUT2D eigenvalue weighted by Crippen LogP contribution is 2.33. The molecule has 0 saturated carbocycles. The lowest BCUT2D eigenvalue weighted by molar-refractivity contribution is -0.173. The third-order valence-electron chi connectivity index (χ3n) is 4.30. The number of nitrogens with zero attached hydrogens (tertiary/aromatic N) is 2. The van der Waals surface area contributed by atoms with Crippen molar-refractivity contribution < 1.29 is 19.4 Å². The summed E-state index contributed by atoms with van der Waals surface area (Å²) in [4.78, 5) is 27.6. The summed E-state index contributed by atoms with van der Waals surface area (Å²) in [5, 5.41) is 9.46. The van der Waals surface area contributed by atoms with Gasteiger partial charge in [0.05, 0.1) is 24.3 Å². The molecule has 120 valence electrons. The first kappa shape index (κ1) is 16.1. The van der Waals surface area contributed by atoms with Crippen molar-refractivity contribution in [3.05, 3.63) is 0 Å². The zero-order valence-electron chi connectivity index (χ0n) is 13.6. The van der Waals surface area contributed by atoms with Crippen LogP contribution in [0, 0.1) is 0 Å². The summed E-state index contributed by atoms with van der Waals surface area (Å²) in [5.41, 5.74) is -1.96. The van der Waals surface area contributed by atoms with E-state index in [2.05, 4.69) is 0 Å². The van der Waals surface area contributed by atoms with Gasteiger partial charge in [-0.05, 0) is 47.5 Å². The Morgan fingerprint density at radius 3 is 2.05 bits per heavy atom. The van der Waals surface area contributed by atoms with Crippen molar-refractivity contribution in [2.45, 2.75) is 64.2 Å². The Balaban J connectivity index is 2.21. The van der Waals surface area contributed by atoms with Crippen molar-refractivity contribution in [1.29, 1.82) is 0 Å². The molecule has 1 atom stereocenters. The number of morpholine rings is 1. The first-order valence-electron chi connectivity index (χ1n) is 7.47. The molecule has 1 N–H and O–H groups in total. The number of aliphatic carboxylic acids is 1. The van der Waals surface area contributed by atoms with E-state index in [9.17, 15) is 14.7 Å². The molecule has 6 heteroatoms. The number of ether oxygens (including phenoxy) is 1. The van der Waals surface area contributed by atoms with E-state index in [4.69, 9.17) is 4.74 Å². The summed E-state index contributed by atoms with van der Waals surface area (Å²) in [5.74, 6) is -0.930. The van der Waals surface area contributed by atoms with Crippen molar-refractivity contribution >= 4 is 12.0 Å². The molecule has 2 aliphatic heterocycles. The van der Waals surface area contributed by atoms with Crippen molar-refractivity contribution in [1.82, 2.24) is 9.80 Å². The topological polar surface area (TPSA) is 70.1 Å². The van der Waals surface area contributed by atoms with Gasteiger partial charge in [-0.2, -0.15) is 0 Å². The zero-order chi connectivity index (χ0) is 16.1. The van der Waals surface area contributed by atoms with E-state index >= 15 is 0 Å². The number of carboxylic acid groups (broad SMARTS) is 1. The molecule has 2 rings (SSSR count). The highest BCUT2D eigenvalue weighted by atomic mass is 16.5. The summed E-state index contributed by atoms with van der Waals surface area (Å²) < 4.78 is 5.97. The van der Waals surface area contributed by atoms with Crippen LogP contribution in [0.15, 0.2) is 0 Å². The Bertz CT molecular complexity index is 445. The van der Waals surface area contributed by atoms with Gasteiger partial charge in [-0.1, -0.05) is 0 Å². The third-order valence-corrected chi connectivity index (χ3v) is 4.30. The molecule has 0 aromatic heterocycles. The second kappa shape index (κ2) is 4.87. The molecule has 2 aliphatic rings. The average molecular weight is 298 g/mol. The summed E-state index contributed by atoms with van der Waals surface area (Å²) >= 11 is 0. The Morgan fingerprint density at radius 1 is 1.05 bits per heavy atom. The van der Waals surface area contributed by atoms with Gasteiger partial charge in [0.1, 0.15) is 5.54 Å². The molecule has 0 radical (unpaired) electrons. The number of carboxylic acids is 1. The largest absolute Gasteiger partial charge is 0.480 e. The van der Waals surface area contributed by atoms with Crippen LogP contribution in [0.2, 0.25) is 0 Å². The molecule has 2 amide bonds. The molecule has 0 aliphatic carbocycles. The molecule has 21 heavy (non-hydrogen) atoms. The average Bonchev–Trinajstić information content (AvgIpc) is 2.67. The Hall–Kier alpha value is -1.30. The highest BCUT2D eigenvalue weighted by Gasteiger charge is 2.49. The minimum Gasteiger partial charge on any atom is -0.480 e. The third kappa shape index (κ3) is 3.00. The van der Waals surface area contributed by atoms with Gasteiger partial charge in [0, 0.05) is 6.54 Å². The number of amides is 2. The van der Waals surface area contributed by atoms with E-state index in [1.165, 1.54) is 4.90 Å². The molecule has 2 fully saturated rings. The lowest BCUT2D eigenvalue weighted by Gasteiger charge is -2.48. The smallest absolute Gasteiger partial charge is 0.329 e. The predicted molar refractivity (Wildman–Crippen MR) is 78.2 cm³/mol. The quantitative estimate of drug-likeness (QED) is 0.803. The van der Waals surface area contributed by atoms with E-state index in [-0.39, 0.29) is 6.03 Å². The van der Waals surface area contributed by atoms with Gasteiger partial charge < -0.3 is 19.6 Å². The Labute approximate surface area is 126 Å². The lowest BCUT2D eigenvalue weighted by Crippen LogP contribution is -2.63. The summed E-state index contributed by atoms with van der Waals surface area (Å²) in [7, 11) is 0. The van der Waals surface area contributed by atoms with Crippen molar-refractivity contribution in [3.8, 4) is 0 Å². The SMILES string of the molecule is CC1(C)CN(C(=O)N2CCCC2(C)C(=O)O)CC(C)(C)O1. The minimum absolute atomic E-state index is 0.193. The molecular weight excluding hydrogens is 272 g/mol. The summed E-state index contributed by atoms with van der Waals surface area (Å²) in [6, 6.07) is -0.193. The maximum atomic E-state index is 12.8. The van der Waals surface area contributed by atoms with Crippen LogP contribution in [0.1, 0.15) is 47.5 Å². The molecular formula is C15H26N2O4. The molecule has 0 aromatic rings. The monoisotopic (exact) mass is 298 g/mol. The van der Waals surface area contributed by atoms with Crippen LogP contribution >= 0.6 is 0 Å². The number of urea groups is 1. The van der Waals surface area contributed by atoms with Crippen LogP contribution in [0.3, 0.4) is 0 Å². The maximum absolute atomic E-state index is 12.8. The Kier molecular flexibility index (Phi) is 3.72. The fourth-order valence-corrected chi connectivity index (χ4v) is 3.59. The normalized spacial score (nSPS) is 31.3. The summed E-state index contributed by atoms with van der Waals surface area (Å²) in [6.07, 6.45) is 1.23. The number of carbonyl (C=O) groups is 2. The van der Waals surface area contributed by atoms with Crippen molar-refractivity contribution in [2.75, 3.05) is 19.6 Å². The van der Waals surface area contributed by atoms with Crippen LogP contribution in [0.25, 0.3) is 0 Å². The first-order valence-corrected chi connectivity index (χ1v) is 7.47.